The minimum absolute atomic E-state index is 0.151. The normalized spacial score (nSPS) is 50.4. The van der Waals surface area contributed by atoms with Crippen LogP contribution in [0.4, 0.5) is 0 Å². The van der Waals surface area contributed by atoms with Crippen LogP contribution in [0.15, 0.2) is 4.99 Å². The van der Waals surface area contributed by atoms with E-state index in [-0.39, 0.29) is 12.6 Å². The summed E-state index contributed by atoms with van der Waals surface area (Å²) in [7, 11) is 0. The van der Waals surface area contributed by atoms with Crippen LogP contribution in [0.1, 0.15) is 6.92 Å². The van der Waals surface area contributed by atoms with E-state index in [1.807, 2.05) is 0 Å². The lowest BCUT2D eigenvalue weighted by Crippen LogP contribution is -2.88. The molecule has 2 fully saturated rings. The molecule has 136 valence electrons. The SMILES string of the molecule is CCO[C@H]1N=C(N)NC23[C@@H]1[C@H](O)[C@@](O)(CO)[C@H](OC(=O)[C@H]2O)[C@@H]3O. The number of nitrogens with one attached hydrogen (secondary N) is 1. The number of rotatable bonds is 3. The molecule has 3 rings (SSSR count). The molecule has 8 atom stereocenters. The molecule has 11 nitrogen and oxygen atoms in total. The van der Waals surface area contributed by atoms with Crippen LogP contribution in [0.2, 0.25) is 0 Å². The topological polar surface area (TPSA) is 187 Å². The molecule has 1 saturated carbocycles. The summed E-state index contributed by atoms with van der Waals surface area (Å²) in [4.78, 5) is 16.0. The first-order valence-electron chi connectivity index (χ1n) is 7.55. The first-order chi connectivity index (χ1) is 11.2. The van der Waals surface area contributed by atoms with Crippen molar-refractivity contribution < 1.29 is 39.8 Å². The molecule has 11 heteroatoms. The van der Waals surface area contributed by atoms with E-state index in [9.17, 15) is 30.3 Å². The highest BCUT2D eigenvalue weighted by Crippen LogP contribution is 2.49. The highest BCUT2D eigenvalue weighted by atomic mass is 16.6. The van der Waals surface area contributed by atoms with Gasteiger partial charge in [-0.2, -0.15) is 0 Å². The van der Waals surface area contributed by atoms with Gasteiger partial charge in [0.15, 0.2) is 30.0 Å². The van der Waals surface area contributed by atoms with Gasteiger partial charge in [-0.3, -0.25) is 0 Å². The van der Waals surface area contributed by atoms with Crippen molar-refractivity contribution in [2.24, 2.45) is 16.6 Å². The second kappa shape index (κ2) is 5.51. The number of carbonyl (C=O) groups is 1. The van der Waals surface area contributed by atoms with Gasteiger partial charge in [0.2, 0.25) is 0 Å². The van der Waals surface area contributed by atoms with Gasteiger partial charge in [-0.25, -0.2) is 9.79 Å². The minimum Gasteiger partial charge on any atom is -0.454 e. The third-order valence-electron chi connectivity index (χ3n) is 5.10. The Morgan fingerprint density at radius 1 is 1.38 bits per heavy atom. The Morgan fingerprint density at radius 3 is 2.62 bits per heavy atom. The van der Waals surface area contributed by atoms with Crippen LogP contribution in [-0.2, 0) is 14.3 Å². The number of nitrogens with two attached hydrogens (primary N) is 1. The fourth-order valence-electron chi connectivity index (χ4n) is 3.94. The van der Waals surface area contributed by atoms with Crippen molar-refractivity contribution in [2.45, 2.75) is 48.7 Å². The Kier molecular flexibility index (Phi) is 3.98. The Hall–Kier alpha value is -1.50. The van der Waals surface area contributed by atoms with Crippen molar-refractivity contribution in [3.8, 4) is 0 Å². The molecule has 2 heterocycles. The molecule has 0 amide bonds. The largest absolute Gasteiger partial charge is 0.454 e. The molecule has 2 bridgehead atoms. The van der Waals surface area contributed by atoms with Crippen LogP contribution in [-0.4, -0.2) is 92.5 Å². The number of aliphatic hydroxyl groups excluding tert-OH is 4. The Bertz CT molecular complexity index is 573. The van der Waals surface area contributed by atoms with Gasteiger partial charge in [0, 0.05) is 6.61 Å². The van der Waals surface area contributed by atoms with E-state index in [1.54, 1.807) is 6.92 Å². The average Bonchev–Trinajstić information content (AvgIpc) is 2.54. The van der Waals surface area contributed by atoms with Crippen LogP contribution in [0.5, 0.6) is 0 Å². The highest BCUT2D eigenvalue weighted by molar-refractivity contribution is 5.85. The van der Waals surface area contributed by atoms with Gasteiger partial charge in [-0.1, -0.05) is 0 Å². The summed E-state index contributed by atoms with van der Waals surface area (Å²) >= 11 is 0. The van der Waals surface area contributed by atoms with Crippen molar-refractivity contribution in [1.29, 1.82) is 0 Å². The number of nitrogens with zero attached hydrogens (tertiary/aromatic N) is 1. The van der Waals surface area contributed by atoms with E-state index >= 15 is 0 Å². The number of ether oxygens (including phenoxy) is 2. The standard InChI is InChI=1S/C13H21N3O8/c1-2-23-9-4-5(18)12(22,3-17)8-6(19)13(4,16-11(14)15-9)7(20)10(21)24-8/h4-9,17-20,22H,2-3H2,1H3,(H3,14,15,16)/t4-,5+,6+,7-,8-,9-,12+,13?/m1/s1. The Labute approximate surface area is 136 Å². The molecule has 0 aromatic heterocycles. The zero-order valence-corrected chi connectivity index (χ0v) is 12.9. The number of aliphatic imine (C=N–C) groups is 1. The maximum atomic E-state index is 12.1. The molecule has 0 aromatic rings. The number of carbonyl (C=O) groups excluding carboxylic acids is 1. The van der Waals surface area contributed by atoms with E-state index in [1.165, 1.54) is 0 Å². The van der Waals surface area contributed by atoms with Crippen LogP contribution >= 0.6 is 0 Å². The third-order valence-corrected chi connectivity index (χ3v) is 5.10. The smallest absolute Gasteiger partial charge is 0.338 e. The van der Waals surface area contributed by atoms with Crippen LogP contribution < -0.4 is 11.1 Å². The van der Waals surface area contributed by atoms with Crippen molar-refractivity contribution in [2.75, 3.05) is 13.2 Å². The van der Waals surface area contributed by atoms with E-state index in [0.29, 0.717) is 0 Å². The quantitative estimate of drug-likeness (QED) is 0.245. The number of hydrogen-bond acceptors (Lipinski definition) is 11. The van der Waals surface area contributed by atoms with E-state index < -0.39 is 60.3 Å². The predicted molar refractivity (Wildman–Crippen MR) is 76.3 cm³/mol. The van der Waals surface area contributed by atoms with Gasteiger partial charge in [0.1, 0.15) is 11.6 Å². The Balaban J connectivity index is 2.20. The fourth-order valence-corrected chi connectivity index (χ4v) is 3.94. The summed E-state index contributed by atoms with van der Waals surface area (Å²) < 4.78 is 10.3. The summed E-state index contributed by atoms with van der Waals surface area (Å²) in [6.07, 6.45) is -8.17. The molecule has 1 spiro atoms. The molecular formula is C13H21N3O8. The summed E-state index contributed by atoms with van der Waals surface area (Å²) in [5.74, 6) is -2.62. The maximum absolute atomic E-state index is 12.1. The molecule has 2 aliphatic heterocycles. The maximum Gasteiger partial charge on any atom is 0.338 e. The minimum atomic E-state index is -2.36. The molecule has 3 aliphatic rings. The molecule has 1 unspecified atom stereocenters. The van der Waals surface area contributed by atoms with Gasteiger partial charge in [0.25, 0.3) is 0 Å². The second-order valence-corrected chi connectivity index (χ2v) is 6.24. The van der Waals surface area contributed by atoms with Gasteiger partial charge in [0.05, 0.1) is 18.6 Å². The number of fused-ring (bicyclic) bond motifs is 1. The summed E-state index contributed by atoms with van der Waals surface area (Å²) in [6, 6.07) is 0. The van der Waals surface area contributed by atoms with Crippen LogP contribution in [0.25, 0.3) is 0 Å². The molecule has 8 N–H and O–H groups in total. The molecular weight excluding hydrogens is 326 g/mol. The number of guanidine groups is 1. The summed E-state index contributed by atoms with van der Waals surface area (Å²) in [5, 5.41) is 54.5. The number of aliphatic hydroxyl groups is 5. The zero-order chi connectivity index (χ0) is 17.9. The summed E-state index contributed by atoms with van der Waals surface area (Å²) in [6.45, 7) is 0.806. The lowest BCUT2D eigenvalue weighted by molar-refractivity contribution is -0.311. The fraction of sp³-hybridized carbons (Fsp3) is 0.846. The van der Waals surface area contributed by atoms with Gasteiger partial charge >= 0.3 is 5.97 Å². The van der Waals surface area contributed by atoms with Crippen molar-refractivity contribution in [1.82, 2.24) is 5.32 Å². The molecule has 1 saturated heterocycles. The second-order valence-electron chi connectivity index (χ2n) is 6.24. The summed E-state index contributed by atoms with van der Waals surface area (Å²) in [5.41, 5.74) is 1.46. The lowest BCUT2D eigenvalue weighted by atomic mass is 9.57. The zero-order valence-electron chi connectivity index (χ0n) is 12.9. The van der Waals surface area contributed by atoms with E-state index in [4.69, 9.17) is 15.2 Å². The average molecular weight is 347 g/mol. The molecule has 24 heavy (non-hydrogen) atoms. The first-order valence-corrected chi connectivity index (χ1v) is 7.55. The first kappa shape index (κ1) is 17.3. The van der Waals surface area contributed by atoms with Crippen molar-refractivity contribution in [3.63, 3.8) is 0 Å². The van der Waals surface area contributed by atoms with E-state index in [0.717, 1.165) is 0 Å². The van der Waals surface area contributed by atoms with E-state index in [2.05, 4.69) is 10.3 Å². The predicted octanol–water partition coefficient (Wildman–Crippen LogP) is -4.63. The third kappa shape index (κ3) is 1.93. The lowest BCUT2D eigenvalue weighted by Gasteiger charge is -2.62. The van der Waals surface area contributed by atoms with Crippen molar-refractivity contribution in [3.05, 3.63) is 0 Å². The molecule has 0 radical (unpaired) electrons. The molecule has 0 aromatic carbocycles. The highest BCUT2D eigenvalue weighted by Gasteiger charge is 2.75. The van der Waals surface area contributed by atoms with Gasteiger partial charge in [-0.05, 0) is 6.92 Å². The van der Waals surface area contributed by atoms with Crippen LogP contribution in [0, 0.1) is 5.92 Å². The van der Waals surface area contributed by atoms with Crippen LogP contribution in [0.3, 0.4) is 0 Å². The van der Waals surface area contributed by atoms with Crippen molar-refractivity contribution >= 4 is 11.9 Å². The molecule has 1 aliphatic carbocycles. The van der Waals surface area contributed by atoms with Gasteiger partial charge in [-0.15, -0.1) is 0 Å². The number of esters is 1. The monoisotopic (exact) mass is 347 g/mol. The Morgan fingerprint density at radius 2 is 2.04 bits per heavy atom. The van der Waals surface area contributed by atoms with Gasteiger partial charge < -0.3 is 46.1 Å². The number of hydrogen-bond donors (Lipinski definition) is 7.